The molecule has 5 rings (SSSR count). The quantitative estimate of drug-likeness (QED) is 0.440. The molecule has 0 atom stereocenters. The minimum Gasteiger partial charge on any atom is -0.455 e. The first kappa shape index (κ1) is 21.5. The number of aromatic nitrogens is 2. The van der Waals surface area contributed by atoms with E-state index in [1.165, 1.54) is 0 Å². The van der Waals surface area contributed by atoms with E-state index in [2.05, 4.69) is 25.8 Å². The summed E-state index contributed by atoms with van der Waals surface area (Å²) in [5.74, 6) is 0.625. The number of anilines is 1. The van der Waals surface area contributed by atoms with E-state index in [1.807, 2.05) is 50.2 Å². The van der Waals surface area contributed by atoms with E-state index < -0.39 is 5.91 Å². The Morgan fingerprint density at radius 1 is 1.03 bits per heavy atom. The fourth-order valence-corrected chi connectivity index (χ4v) is 4.14. The second kappa shape index (κ2) is 8.90. The largest absolute Gasteiger partial charge is 0.455 e. The summed E-state index contributed by atoms with van der Waals surface area (Å²) in [6.45, 7) is 3.76. The fourth-order valence-electron chi connectivity index (χ4n) is 4.14. The first-order chi connectivity index (χ1) is 16.5. The molecule has 3 aromatic heterocycles. The number of carbonyl (C=O) groups is 2. The van der Waals surface area contributed by atoms with Gasteiger partial charge in [-0.25, -0.2) is 15.4 Å². The molecule has 2 amide bonds. The van der Waals surface area contributed by atoms with Gasteiger partial charge in [0.1, 0.15) is 17.3 Å². The van der Waals surface area contributed by atoms with Crippen molar-refractivity contribution < 1.29 is 14.0 Å². The maximum atomic E-state index is 12.9. The first-order valence-corrected chi connectivity index (χ1v) is 11.1. The SMILES string of the molecule is Cc1ccnc(NC(=O)c2oc3c(c2C)/C(=N/NC(=O)c2ccc4ccccc4n2)CCC3)c1. The summed E-state index contributed by atoms with van der Waals surface area (Å²) in [5, 5.41) is 8.13. The average molecular weight is 454 g/mol. The first-order valence-electron chi connectivity index (χ1n) is 11.1. The van der Waals surface area contributed by atoms with Gasteiger partial charge in [-0.2, -0.15) is 5.10 Å². The van der Waals surface area contributed by atoms with E-state index in [0.717, 1.165) is 28.5 Å². The highest BCUT2D eigenvalue weighted by Gasteiger charge is 2.28. The fraction of sp³-hybridized carbons (Fsp3) is 0.192. The van der Waals surface area contributed by atoms with Gasteiger partial charge in [0, 0.05) is 29.1 Å². The zero-order chi connectivity index (χ0) is 23.7. The Hall–Kier alpha value is -4.33. The number of carbonyl (C=O) groups excluding carboxylic acids is 2. The number of rotatable bonds is 4. The summed E-state index contributed by atoms with van der Waals surface area (Å²) in [6.07, 6.45) is 3.82. The van der Waals surface area contributed by atoms with Crippen LogP contribution >= 0.6 is 0 Å². The summed E-state index contributed by atoms with van der Waals surface area (Å²) in [7, 11) is 0. The van der Waals surface area contributed by atoms with Gasteiger partial charge in [-0.1, -0.05) is 24.3 Å². The van der Waals surface area contributed by atoms with Crippen LogP contribution in [0, 0.1) is 13.8 Å². The summed E-state index contributed by atoms with van der Waals surface area (Å²) < 4.78 is 5.93. The van der Waals surface area contributed by atoms with Crippen LogP contribution in [0.4, 0.5) is 5.82 Å². The predicted octanol–water partition coefficient (Wildman–Crippen LogP) is 4.56. The Morgan fingerprint density at radius 3 is 2.74 bits per heavy atom. The van der Waals surface area contributed by atoms with E-state index in [1.54, 1.807) is 18.3 Å². The number of amides is 2. The summed E-state index contributed by atoms with van der Waals surface area (Å²) in [6, 6.07) is 14.8. The lowest BCUT2D eigenvalue weighted by molar-refractivity contribution is 0.0949. The van der Waals surface area contributed by atoms with E-state index in [-0.39, 0.29) is 17.4 Å². The predicted molar refractivity (Wildman–Crippen MR) is 129 cm³/mol. The standard InChI is InChI=1S/C26H23N5O3/c1-15-12-13-27-22(14-15)29-26(33)24-16(2)23-19(8-5-9-21(23)34-24)30-31-25(32)20-11-10-17-6-3-4-7-18(17)28-20/h3-4,6-7,10-14H,5,8-9H2,1-2H3,(H,31,32)(H,27,29,33)/b30-19+. The Morgan fingerprint density at radius 2 is 1.88 bits per heavy atom. The lowest BCUT2D eigenvalue weighted by Gasteiger charge is -2.13. The molecular formula is C26H23N5O3. The second-order valence-corrected chi connectivity index (χ2v) is 8.27. The van der Waals surface area contributed by atoms with Crippen molar-refractivity contribution in [2.75, 3.05) is 5.32 Å². The van der Waals surface area contributed by atoms with E-state index >= 15 is 0 Å². The van der Waals surface area contributed by atoms with Crippen LogP contribution in [0.1, 0.15) is 56.3 Å². The number of fused-ring (bicyclic) bond motifs is 2. The van der Waals surface area contributed by atoms with Gasteiger partial charge in [-0.3, -0.25) is 9.59 Å². The average Bonchev–Trinajstić information content (AvgIpc) is 3.19. The van der Waals surface area contributed by atoms with Crippen LogP contribution in [0.5, 0.6) is 0 Å². The molecule has 0 spiro atoms. The van der Waals surface area contributed by atoms with Crippen LogP contribution in [0.15, 0.2) is 64.2 Å². The van der Waals surface area contributed by atoms with Crippen molar-refractivity contribution in [3.8, 4) is 0 Å². The Balaban J connectivity index is 1.38. The molecule has 1 aromatic carbocycles. The van der Waals surface area contributed by atoms with Crippen LogP contribution in [0.25, 0.3) is 10.9 Å². The number of para-hydroxylation sites is 1. The van der Waals surface area contributed by atoms with Gasteiger partial charge in [0.2, 0.25) is 0 Å². The van der Waals surface area contributed by atoms with Crippen molar-refractivity contribution in [3.05, 3.63) is 88.6 Å². The monoisotopic (exact) mass is 453 g/mol. The highest BCUT2D eigenvalue weighted by Crippen LogP contribution is 2.30. The molecule has 0 saturated heterocycles. The zero-order valence-corrected chi connectivity index (χ0v) is 18.9. The van der Waals surface area contributed by atoms with Gasteiger partial charge in [0.05, 0.1) is 11.2 Å². The summed E-state index contributed by atoms with van der Waals surface area (Å²) >= 11 is 0. The Labute approximate surface area is 196 Å². The van der Waals surface area contributed by atoms with Crippen molar-refractivity contribution in [2.24, 2.45) is 5.10 Å². The van der Waals surface area contributed by atoms with Gasteiger partial charge in [-0.05, 0) is 56.5 Å². The van der Waals surface area contributed by atoms with Gasteiger partial charge < -0.3 is 9.73 Å². The van der Waals surface area contributed by atoms with E-state index in [0.29, 0.717) is 35.7 Å². The van der Waals surface area contributed by atoms with Crippen LogP contribution in [0.2, 0.25) is 0 Å². The summed E-state index contributed by atoms with van der Waals surface area (Å²) in [5.41, 5.74) is 6.80. The van der Waals surface area contributed by atoms with Crippen molar-refractivity contribution in [2.45, 2.75) is 33.1 Å². The third-order valence-electron chi connectivity index (χ3n) is 5.81. The molecule has 0 unspecified atom stereocenters. The molecule has 0 fully saturated rings. The van der Waals surface area contributed by atoms with Crippen molar-refractivity contribution in [1.29, 1.82) is 0 Å². The maximum absolute atomic E-state index is 12.9. The molecule has 8 heteroatoms. The van der Waals surface area contributed by atoms with Crippen LogP contribution in [0.3, 0.4) is 0 Å². The van der Waals surface area contributed by atoms with Crippen LogP contribution in [-0.4, -0.2) is 27.5 Å². The normalized spacial score (nSPS) is 14.1. The number of aryl methyl sites for hydroxylation is 2. The number of nitrogens with zero attached hydrogens (tertiary/aromatic N) is 3. The lowest BCUT2D eigenvalue weighted by Crippen LogP contribution is -2.23. The van der Waals surface area contributed by atoms with Crippen LogP contribution < -0.4 is 10.7 Å². The van der Waals surface area contributed by atoms with E-state index in [4.69, 9.17) is 4.42 Å². The molecular weight excluding hydrogens is 430 g/mol. The minimum atomic E-state index is -0.394. The Bertz CT molecular complexity index is 1450. The number of hydrazone groups is 1. The molecule has 4 aromatic rings. The van der Waals surface area contributed by atoms with Crippen molar-refractivity contribution >= 4 is 34.2 Å². The molecule has 0 saturated carbocycles. The Kier molecular flexibility index (Phi) is 5.63. The molecule has 8 nitrogen and oxygen atoms in total. The molecule has 3 heterocycles. The van der Waals surface area contributed by atoms with Crippen molar-refractivity contribution in [1.82, 2.24) is 15.4 Å². The third-order valence-corrected chi connectivity index (χ3v) is 5.81. The number of hydrogen-bond acceptors (Lipinski definition) is 6. The molecule has 0 bridgehead atoms. The van der Waals surface area contributed by atoms with Crippen LogP contribution in [-0.2, 0) is 6.42 Å². The highest BCUT2D eigenvalue weighted by molar-refractivity contribution is 6.09. The molecule has 0 radical (unpaired) electrons. The van der Waals surface area contributed by atoms with Gasteiger partial charge in [0.15, 0.2) is 5.76 Å². The van der Waals surface area contributed by atoms with Gasteiger partial charge in [0.25, 0.3) is 11.8 Å². The number of benzene rings is 1. The molecule has 34 heavy (non-hydrogen) atoms. The third kappa shape index (κ3) is 4.17. The number of pyridine rings is 2. The molecule has 1 aliphatic rings. The number of furan rings is 1. The van der Waals surface area contributed by atoms with Crippen molar-refractivity contribution in [3.63, 3.8) is 0 Å². The highest BCUT2D eigenvalue weighted by atomic mass is 16.4. The molecule has 170 valence electrons. The molecule has 1 aliphatic carbocycles. The molecule has 2 N–H and O–H groups in total. The van der Waals surface area contributed by atoms with Gasteiger partial charge >= 0.3 is 0 Å². The topological polar surface area (TPSA) is 109 Å². The number of nitrogens with one attached hydrogen (secondary N) is 2. The number of hydrogen-bond donors (Lipinski definition) is 2. The lowest BCUT2D eigenvalue weighted by atomic mass is 9.93. The van der Waals surface area contributed by atoms with E-state index in [9.17, 15) is 9.59 Å². The second-order valence-electron chi connectivity index (χ2n) is 8.27. The van der Waals surface area contributed by atoms with Gasteiger partial charge in [-0.15, -0.1) is 0 Å². The minimum absolute atomic E-state index is 0.227. The maximum Gasteiger partial charge on any atom is 0.292 e. The smallest absolute Gasteiger partial charge is 0.292 e. The summed E-state index contributed by atoms with van der Waals surface area (Å²) in [4.78, 5) is 34.2. The molecule has 0 aliphatic heterocycles. The zero-order valence-electron chi connectivity index (χ0n) is 18.9.